The predicted octanol–water partition coefficient (Wildman–Crippen LogP) is 2.71. The van der Waals surface area contributed by atoms with E-state index in [1.165, 1.54) is 31.2 Å². The second-order valence-electron chi connectivity index (χ2n) is 3.56. The third kappa shape index (κ3) is 1.21. The van der Waals surface area contributed by atoms with Gasteiger partial charge < -0.3 is 0 Å². The molecule has 1 aliphatic carbocycles. The van der Waals surface area contributed by atoms with Crippen molar-refractivity contribution >= 4 is 22.7 Å². The van der Waals surface area contributed by atoms with Gasteiger partial charge in [0.1, 0.15) is 0 Å². The minimum atomic E-state index is 1.00. The highest BCUT2D eigenvalue weighted by Gasteiger charge is 2.21. The van der Waals surface area contributed by atoms with Crippen molar-refractivity contribution in [2.75, 3.05) is 0 Å². The summed E-state index contributed by atoms with van der Waals surface area (Å²) in [5, 5.41) is 2.36. The molecular weight excluding hydrogens is 212 g/mol. The van der Waals surface area contributed by atoms with Gasteiger partial charge in [-0.2, -0.15) is 0 Å². The zero-order chi connectivity index (χ0) is 9.71. The molecule has 0 saturated heterocycles. The number of nitrogens with zero attached hydrogens (tertiary/aromatic N) is 2. The number of thiazole rings is 2. The lowest BCUT2D eigenvalue weighted by atomic mass is 10.1. The Hall–Kier alpha value is -0.740. The Balaban J connectivity index is 2.10. The molecule has 0 aliphatic heterocycles. The topological polar surface area (TPSA) is 25.8 Å². The molecule has 0 unspecified atom stereocenters. The maximum Gasteiger partial charge on any atom is 0.0900 e. The quantitative estimate of drug-likeness (QED) is 0.584. The molecular formula is C10H10N2S2. The van der Waals surface area contributed by atoms with Crippen molar-refractivity contribution in [3.8, 4) is 0 Å². The van der Waals surface area contributed by atoms with Gasteiger partial charge in [0.25, 0.3) is 0 Å². The monoisotopic (exact) mass is 222 g/mol. The lowest BCUT2D eigenvalue weighted by molar-refractivity contribution is 0.957. The third-order valence-electron chi connectivity index (χ3n) is 2.43. The molecule has 4 heteroatoms. The summed E-state index contributed by atoms with van der Waals surface area (Å²) < 4.78 is 0. The first kappa shape index (κ1) is 8.56. The van der Waals surface area contributed by atoms with Crippen molar-refractivity contribution in [1.29, 1.82) is 0 Å². The van der Waals surface area contributed by atoms with E-state index in [1.54, 1.807) is 0 Å². The molecule has 0 aromatic carbocycles. The number of hydrogen-bond donors (Lipinski definition) is 0. The molecule has 2 aromatic heterocycles. The van der Waals surface area contributed by atoms with Gasteiger partial charge in [0, 0.05) is 22.6 Å². The molecule has 0 radical (unpaired) electrons. The van der Waals surface area contributed by atoms with Crippen LogP contribution in [0.3, 0.4) is 0 Å². The number of fused-ring (bicyclic) bond motifs is 2. The van der Waals surface area contributed by atoms with Gasteiger partial charge in [0.05, 0.1) is 21.4 Å². The van der Waals surface area contributed by atoms with Crippen molar-refractivity contribution < 1.29 is 0 Å². The number of hydrogen-bond acceptors (Lipinski definition) is 4. The molecule has 72 valence electrons. The molecule has 0 atom stereocenters. The van der Waals surface area contributed by atoms with Crippen molar-refractivity contribution in [3.63, 3.8) is 0 Å². The maximum absolute atomic E-state index is 4.56. The maximum atomic E-state index is 4.56. The summed E-state index contributed by atoms with van der Waals surface area (Å²) in [6.07, 6.45) is 2.00. The SMILES string of the molecule is Cc1nc2c(s1)Cc1nc(C)sc1C2. The normalized spacial score (nSPS) is 13.9. The van der Waals surface area contributed by atoms with E-state index in [9.17, 15) is 0 Å². The van der Waals surface area contributed by atoms with Crippen molar-refractivity contribution in [3.05, 3.63) is 31.2 Å². The van der Waals surface area contributed by atoms with Crippen LogP contribution < -0.4 is 0 Å². The van der Waals surface area contributed by atoms with E-state index in [0.29, 0.717) is 0 Å². The summed E-state index contributed by atoms with van der Waals surface area (Å²) in [6.45, 7) is 4.16. The fourth-order valence-corrected chi connectivity index (χ4v) is 3.80. The molecule has 0 spiro atoms. The van der Waals surface area contributed by atoms with Crippen LogP contribution in [0.1, 0.15) is 31.2 Å². The van der Waals surface area contributed by atoms with Crippen LogP contribution in [0.25, 0.3) is 0 Å². The van der Waals surface area contributed by atoms with E-state index >= 15 is 0 Å². The second-order valence-corrected chi connectivity index (χ2v) is 6.13. The van der Waals surface area contributed by atoms with E-state index in [2.05, 4.69) is 23.8 Å². The smallest absolute Gasteiger partial charge is 0.0900 e. The molecule has 3 rings (SSSR count). The number of aryl methyl sites for hydroxylation is 2. The third-order valence-corrected chi connectivity index (χ3v) is 4.45. The fourth-order valence-electron chi connectivity index (χ4n) is 1.88. The first-order chi connectivity index (χ1) is 6.72. The van der Waals surface area contributed by atoms with Gasteiger partial charge in [-0.05, 0) is 13.8 Å². The number of rotatable bonds is 0. The highest BCUT2D eigenvalue weighted by atomic mass is 32.1. The van der Waals surface area contributed by atoms with Crippen LogP contribution >= 0.6 is 22.7 Å². The molecule has 0 bridgehead atoms. The zero-order valence-corrected chi connectivity index (χ0v) is 9.76. The minimum absolute atomic E-state index is 1.00. The van der Waals surface area contributed by atoms with Crippen molar-refractivity contribution in [1.82, 2.24) is 9.97 Å². The minimum Gasteiger partial charge on any atom is -0.246 e. The fraction of sp³-hybridized carbons (Fsp3) is 0.400. The van der Waals surface area contributed by atoms with Crippen LogP contribution in [0.2, 0.25) is 0 Å². The summed E-state index contributed by atoms with van der Waals surface area (Å²) in [7, 11) is 0. The van der Waals surface area contributed by atoms with Crippen molar-refractivity contribution in [2.24, 2.45) is 0 Å². The summed E-state index contributed by atoms with van der Waals surface area (Å²) in [6, 6.07) is 0. The van der Waals surface area contributed by atoms with Crippen LogP contribution in [-0.2, 0) is 12.8 Å². The summed E-state index contributed by atoms with van der Waals surface area (Å²) in [4.78, 5) is 11.9. The van der Waals surface area contributed by atoms with Crippen LogP contribution in [0, 0.1) is 13.8 Å². The van der Waals surface area contributed by atoms with Gasteiger partial charge in [0.2, 0.25) is 0 Å². The highest BCUT2D eigenvalue weighted by Crippen LogP contribution is 2.33. The van der Waals surface area contributed by atoms with Crippen LogP contribution in [0.15, 0.2) is 0 Å². The molecule has 2 heterocycles. The lowest BCUT2D eigenvalue weighted by Gasteiger charge is -2.07. The van der Waals surface area contributed by atoms with E-state index in [-0.39, 0.29) is 0 Å². The van der Waals surface area contributed by atoms with Gasteiger partial charge in [-0.15, -0.1) is 22.7 Å². The summed E-state index contributed by atoms with van der Waals surface area (Å²) >= 11 is 3.63. The molecule has 14 heavy (non-hydrogen) atoms. The van der Waals surface area contributed by atoms with Gasteiger partial charge in [-0.3, -0.25) is 0 Å². The first-order valence-electron chi connectivity index (χ1n) is 4.63. The molecule has 0 N–H and O–H groups in total. The first-order valence-corrected chi connectivity index (χ1v) is 6.26. The van der Waals surface area contributed by atoms with E-state index in [1.807, 2.05) is 22.7 Å². The average molecular weight is 222 g/mol. The Labute approximate surface area is 90.7 Å². The molecule has 2 aromatic rings. The molecule has 2 nitrogen and oxygen atoms in total. The Bertz CT molecular complexity index is 411. The largest absolute Gasteiger partial charge is 0.246 e. The molecule has 1 aliphatic rings. The average Bonchev–Trinajstić information content (AvgIpc) is 2.59. The van der Waals surface area contributed by atoms with E-state index < -0.39 is 0 Å². The van der Waals surface area contributed by atoms with Crippen LogP contribution in [-0.4, -0.2) is 9.97 Å². The zero-order valence-electron chi connectivity index (χ0n) is 8.13. The standard InChI is InChI=1S/C10H10N2S2/c1-5-11-7-3-10-8(4-9(7)13-5)12-6(2)14-10/h3-4H2,1-2H3. The predicted molar refractivity (Wildman–Crippen MR) is 59.3 cm³/mol. The van der Waals surface area contributed by atoms with Crippen molar-refractivity contribution in [2.45, 2.75) is 26.7 Å². The van der Waals surface area contributed by atoms with Crippen LogP contribution in [0.5, 0.6) is 0 Å². The van der Waals surface area contributed by atoms with E-state index in [0.717, 1.165) is 12.8 Å². The van der Waals surface area contributed by atoms with E-state index in [4.69, 9.17) is 0 Å². The summed E-state index contributed by atoms with van der Waals surface area (Å²) in [5.74, 6) is 0. The van der Waals surface area contributed by atoms with Gasteiger partial charge in [0.15, 0.2) is 0 Å². The highest BCUT2D eigenvalue weighted by molar-refractivity contribution is 7.12. The van der Waals surface area contributed by atoms with Gasteiger partial charge >= 0.3 is 0 Å². The van der Waals surface area contributed by atoms with Crippen LogP contribution in [0.4, 0.5) is 0 Å². The van der Waals surface area contributed by atoms with Gasteiger partial charge in [-0.25, -0.2) is 9.97 Å². The lowest BCUT2D eigenvalue weighted by Crippen LogP contribution is -2.03. The van der Waals surface area contributed by atoms with Gasteiger partial charge in [-0.1, -0.05) is 0 Å². The summed E-state index contributed by atoms with van der Waals surface area (Å²) in [5.41, 5.74) is 2.56. The molecule has 0 saturated carbocycles. The molecule has 0 fully saturated rings. The Morgan fingerprint density at radius 2 is 1.29 bits per heavy atom. The Morgan fingerprint density at radius 1 is 0.857 bits per heavy atom. The Morgan fingerprint density at radius 3 is 1.71 bits per heavy atom. The Kier molecular flexibility index (Phi) is 1.76. The molecule has 0 amide bonds. The number of aromatic nitrogens is 2. The second kappa shape index (κ2) is 2.87.